The van der Waals surface area contributed by atoms with E-state index in [1.807, 2.05) is 44.2 Å². The minimum Gasteiger partial charge on any atom is -0.494 e. The molecular formula is C21H24N2O2. The van der Waals surface area contributed by atoms with Gasteiger partial charge in [0.2, 0.25) is 0 Å². The number of nitrogens with one attached hydrogen (secondary N) is 1. The standard InChI is InChI=1S/C21H24N2O2/c1-4-5-8-11-25-16-12-14(2)19(15(3)13-16)20-22-18-10-7-6-9-17(18)21(24)23-20/h6-7,9-10,12-13H,4-5,8,11H2,1-3H3,(H,22,23,24). The fourth-order valence-electron chi connectivity index (χ4n) is 3.13. The summed E-state index contributed by atoms with van der Waals surface area (Å²) in [5, 5.41) is 0.609. The van der Waals surface area contributed by atoms with Crippen molar-refractivity contribution in [1.82, 2.24) is 9.97 Å². The van der Waals surface area contributed by atoms with Crippen LogP contribution in [0.2, 0.25) is 0 Å². The average Bonchev–Trinajstić information content (AvgIpc) is 2.58. The van der Waals surface area contributed by atoms with Crippen molar-refractivity contribution in [1.29, 1.82) is 0 Å². The number of aromatic amines is 1. The summed E-state index contributed by atoms with van der Waals surface area (Å²) in [7, 11) is 0. The molecule has 1 heterocycles. The molecule has 0 saturated heterocycles. The molecular weight excluding hydrogens is 312 g/mol. The fraction of sp³-hybridized carbons (Fsp3) is 0.333. The molecule has 4 nitrogen and oxygen atoms in total. The molecule has 0 amide bonds. The van der Waals surface area contributed by atoms with Crippen LogP contribution in [-0.4, -0.2) is 16.6 Å². The van der Waals surface area contributed by atoms with Crippen LogP contribution in [0.25, 0.3) is 22.3 Å². The van der Waals surface area contributed by atoms with E-state index in [1.165, 1.54) is 12.8 Å². The number of H-pyrrole nitrogens is 1. The molecule has 0 aliphatic rings. The zero-order valence-corrected chi connectivity index (χ0v) is 15.1. The Hall–Kier alpha value is -2.62. The Bertz CT molecular complexity index is 921. The summed E-state index contributed by atoms with van der Waals surface area (Å²) in [6, 6.07) is 11.4. The van der Waals surface area contributed by atoms with Crippen LogP contribution in [0.3, 0.4) is 0 Å². The van der Waals surface area contributed by atoms with Crippen LogP contribution in [0.4, 0.5) is 0 Å². The molecule has 0 fully saturated rings. The molecule has 0 spiro atoms. The molecule has 0 aliphatic carbocycles. The molecule has 3 rings (SSSR count). The predicted molar refractivity (Wildman–Crippen MR) is 102 cm³/mol. The van der Waals surface area contributed by atoms with Gasteiger partial charge in [-0.05, 0) is 55.7 Å². The van der Waals surface area contributed by atoms with Crippen LogP contribution in [0.15, 0.2) is 41.2 Å². The van der Waals surface area contributed by atoms with Crippen molar-refractivity contribution in [2.24, 2.45) is 0 Å². The summed E-state index contributed by atoms with van der Waals surface area (Å²) < 4.78 is 5.86. The van der Waals surface area contributed by atoms with E-state index in [-0.39, 0.29) is 5.56 Å². The molecule has 0 bridgehead atoms. The number of hydrogen-bond donors (Lipinski definition) is 1. The predicted octanol–water partition coefficient (Wildman–Crippen LogP) is 4.78. The second-order valence-corrected chi connectivity index (χ2v) is 6.42. The number of ether oxygens (including phenoxy) is 1. The van der Waals surface area contributed by atoms with Crippen LogP contribution < -0.4 is 10.3 Å². The lowest BCUT2D eigenvalue weighted by atomic mass is 10.0. The maximum atomic E-state index is 12.3. The third-order valence-electron chi connectivity index (χ3n) is 4.37. The highest BCUT2D eigenvalue weighted by molar-refractivity contribution is 5.80. The minimum atomic E-state index is -0.112. The van der Waals surface area contributed by atoms with Crippen molar-refractivity contribution < 1.29 is 4.74 Å². The maximum absolute atomic E-state index is 12.3. The van der Waals surface area contributed by atoms with Gasteiger partial charge >= 0.3 is 0 Å². The number of benzene rings is 2. The number of unbranched alkanes of at least 4 members (excludes halogenated alkanes) is 2. The first kappa shape index (κ1) is 17.2. The highest BCUT2D eigenvalue weighted by atomic mass is 16.5. The van der Waals surface area contributed by atoms with E-state index in [9.17, 15) is 4.79 Å². The molecule has 0 atom stereocenters. The third kappa shape index (κ3) is 3.73. The Morgan fingerprint density at radius 3 is 2.52 bits per heavy atom. The van der Waals surface area contributed by atoms with Crippen molar-refractivity contribution in [2.75, 3.05) is 6.61 Å². The Balaban J connectivity index is 1.96. The van der Waals surface area contributed by atoms with Gasteiger partial charge in [-0.15, -0.1) is 0 Å². The molecule has 2 aromatic carbocycles. The second-order valence-electron chi connectivity index (χ2n) is 6.42. The van der Waals surface area contributed by atoms with Gasteiger partial charge in [-0.3, -0.25) is 4.79 Å². The zero-order valence-electron chi connectivity index (χ0n) is 15.1. The van der Waals surface area contributed by atoms with E-state index in [0.29, 0.717) is 16.7 Å². The van der Waals surface area contributed by atoms with Crippen LogP contribution in [0.1, 0.15) is 37.3 Å². The maximum Gasteiger partial charge on any atom is 0.259 e. The lowest BCUT2D eigenvalue weighted by Gasteiger charge is -2.13. The van der Waals surface area contributed by atoms with E-state index in [0.717, 1.165) is 35.5 Å². The van der Waals surface area contributed by atoms with E-state index in [1.54, 1.807) is 6.07 Å². The first-order valence-electron chi connectivity index (χ1n) is 8.83. The molecule has 0 unspecified atom stereocenters. The summed E-state index contributed by atoms with van der Waals surface area (Å²) >= 11 is 0. The molecule has 0 radical (unpaired) electrons. The number of hydrogen-bond acceptors (Lipinski definition) is 3. The zero-order chi connectivity index (χ0) is 17.8. The Morgan fingerprint density at radius 1 is 1.08 bits per heavy atom. The Labute approximate surface area is 147 Å². The molecule has 25 heavy (non-hydrogen) atoms. The monoisotopic (exact) mass is 336 g/mol. The van der Waals surface area contributed by atoms with E-state index < -0.39 is 0 Å². The van der Waals surface area contributed by atoms with Gasteiger partial charge in [0.25, 0.3) is 5.56 Å². The smallest absolute Gasteiger partial charge is 0.259 e. The first-order valence-corrected chi connectivity index (χ1v) is 8.83. The van der Waals surface area contributed by atoms with Crippen molar-refractivity contribution in [3.63, 3.8) is 0 Å². The van der Waals surface area contributed by atoms with Gasteiger partial charge in [-0.2, -0.15) is 0 Å². The molecule has 130 valence electrons. The van der Waals surface area contributed by atoms with Crippen LogP contribution in [0, 0.1) is 13.8 Å². The van der Waals surface area contributed by atoms with Crippen molar-refractivity contribution in [3.05, 3.63) is 57.9 Å². The Kier molecular flexibility index (Phi) is 5.17. The molecule has 1 aromatic heterocycles. The van der Waals surface area contributed by atoms with Gasteiger partial charge in [0.1, 0.15) is 11.6 Å². The van der Waals surface area contributed by atoms with Gasteiger partial charge in [0.15, 0.2) is 0 Å². The molecule has 0 aliphatic heterocycles. The van der Waals surface area contributed by atoms with Gasteiger partial charge in [-0.25, -0.2) is 4.98 Å². The molecule has 1 N–H and O–H groups in total. The number of nitrogens with zero attached hydrogens (tertiary/aromatic N) is 1. The first-order chi connectivity index (χ1) is 12.1. The molecule has 4 heteroatoms. The highest BCUT2D eigenvalue weighted by Crippen LogP contribution is 2.29. The third-order valence-corrected chi connectivity index (χ3v) is 4.37. The van der Waals surface area contributed by atoms with Crippen LogP contribution >= 0.6 is 0 Å². The van der Waals surface area contributed by atoms with E-state index in [4.69, 9.17) is 4.74 Å². The number of fused-ring (bicyclic) bond motifs is 1. The van der Waals surface area contributed by atoms with Gasteiger partial charge in [-0.1, -0.05) is 31.9 Å². The van der Waals surface area contributed by atoms with Crippen LogP contribution in [0.5, 0.6) is 5.75 Å². The average molecular weight is 336 g/mol. The van der Waals surface area contributed by atoms with Gasteiger partial charge in [0, 0.05) is 5.56 Å². The highest BCUT2D eigenvalue weighted by Gasteiger charge is 2.12. The summed E-state index contributed by atoms with van der Waals surface area (Å²) in [6.45, 7) is 6.96. The Morgan fingerprint density at radius 2 is 1.80 bits per heavy atom. The summed E-state index contributed by atoms with van der Waals surface area (Å²) in [4.78, 5) is 19.9. The number of rotatable bonds is 6. The number of aryl methyl sites for hydroxylation is 2. The lowest BCUT2D eigenvalue weighted by Crippen LogP contribution is -2.10. The lowest BCUT2D eigenvalue weighted by molar-refractivity contribution is 0.306. The van der Waals surface area contributed by atoms with Crippen molar-refractivity contribution in [2.45, 2.75) is 40.0 Å². The summed E-state index contributed by atoms with van der Waals surface area (Å²) in [5.74, 6) is 1.48. The van der Waals surface area contributed by atoms with Gasteiger partial charge < -0.3 is 9.72 Å². The normalized spacial score (nSPS) is 11.0. The van der Waals surface area contributed by atoms with Gasteiger partial charge in [0.05, 0.1) is 17.5 Å². The van der Waals surface area contributed by atoms with E-state index in [2.05, 4.69) is 16.9 Å². The quantitative estimate of drug-likeness (QED) is 0.659. The fourth-order valence-corrected chi connectivity index (χ4v) is 3.13. The number of aromatic nitrogens is 2. The summed E-state index contributed by atoms with van der Waals surface area (Å²) in [6.07, 6.45) is 3.43. The van der Waals surface area contributed by atoms with Crippen LogP contribution in [-0.2, 0) is 0 Å². The number of para-hydroxylation sites is 1. The van der Waals surface area contributed by atoms with Crippen molar-refractivity contribution >= 4 is 10.9 Å². The molecule has 0 saturated carbocycles. The SMILES string of the molecule is CCCCCOc1cc(C)c(-c2nc3ccccc3c(=O)[nH]2)c(C)c1. The second kappa shape index (κ2) is 7.51. The van der Waals surface area contributed by atoms with E-state index >= 15 is 0 Å². The minimum absolute atomic E-state index is 0.112. The topological polar surface area (TPSA) is 55.0 Å². The largest absolute Gasteiger partial charge is 0.494 e. The molecule has 3 aromatic rings. The van der Waals surface area contributed by atoms with Crippen molar-refractivity contribution in [3.8, 4) is 17.1 Å². The summed E-state index contributed by atoms with van der Waals surface area (Å²) in [5.41, 5.74) is 3.65.